The van der Waals surface area contributed by atoms with Crippen LogP contribution in [0.3, 0.4) is 0 Å². The van der Waals surface area contributed by atoms with Crippen molar-refractivity contribution in [2.24, 2.45) is 0 Å². The number of ether oxygens (including phenoxy) is 1. The Hall–Kier alpha value is -3.01. The highest BCUT2D eigenvalue weighted by atomic mass is 16.5. The lowest BCUT2D eigenvalue weighted by molar-refractivity contribution is -0.118. The first-order valence-electron chi connectivity index (χ1n) is 5.34. The van der Waals surface area contributed by atoms with Crippen molar-refractivity contribution >= 4 is 11.9 Å². The van der Waals surface area contributed by atoms with Crippen molar-refractivity contribution in [3.63, 3.8) is 0 Å². The molecule has 0 fully saturated rings. The van der Waals surface area contributed by atoms with Gasteiger partial charge in [-0.1, -0.05) is 0 Å². The molecule has 1 aromatic carbocycles. The van der Waals surface area contributed by atoms with Crippen LogP contribution in [0, 0.1) is 11.3 Å². The van der Waals surface area contributed by atoms with Gasteiger partial charge in [0.05, 0.1) is 24.0 Å². The smallest absolute Gasteiger partial charge is 0.264 e. The molecule has 0 aliphatic rings. The summed E-state index contributed by atoms with van der Waals surface area (Å²) in [5, 5.41) is 18.3. The quantitative estimate of drug-likeness (QED) is 0.865. The van der Waals surface area contributed by atoms with Crippen LogP contribution < -0.4 is 10.1 Å². The molecule has 0 bridgehead atoms. The number of anilines is 1. The van der Waals surface area contributed by atoms with Gasteiger partial charge in [0.25, 0.3) is 5.91 Å². The Morgan fingerprint density at radius 2 is 2.11 bits per heavy atom. The average molecular weight is 255 g/mol. The number of nitriles is 1. The summed E-state index contributed by atoms with van der Waals surface area (Å²) in [7, 11) is 0. The molecule has 0 aliphatic heterocycles. The molecule has 0 unspecified atom stereocenters. The molecule has 1 amide bonds. The van der Waals surface area contributed by atoms with E-state index in [1.165, 1.54) is 12.4 Å². The van der Waals surface area contributed by atoms with Crippen LogP contribution in [-0.2, 0) is 4.79 Å². The number of benzene rings is 1. The summed E-state index contributed by atoms with van der Waals surface area (Å²) in [5.41, 5.74) is 0.528. The highest BCUT2D eigenvalue weighted by molar-refractivity contribution is 5.90. The summed E-state index contributed by atoms with van der Waals surface area (Å²) in [4.78, 5) is 15.3. The normalized spacial score (nSPS) is 9.42. The Morgan fingerprint density at radius 1 is 1.32 bits per heavy atom. The summed E-state index contributed by atoms with van der Waals surface area (Å²) >= 11 is 0. The van der Waals surface area contributed by atoms with E-state index < -0.39 is 5.91 Å². The Kier molecular flexibility index (Phi) is 3.97. The molecule has 19 heavy (non-hydrogen) atoms. The Morgan fingerprint density at radius 3 is 2.74 bits per heavy atom. The standard InChI is InChI=1S/C12H9N5O2/c13-7-9-1-3-10(4-2-9)19-8-11(18)16-12-14-5-6-15-17-12/h1-6H,8H2,(H,14,16,17,18). The predicted molar refractivity (Wildman–Crippen MR) is 65.1 cm³/mol. The van der Waals surface area contributed by atoms with Crippen molar-refractivity contribution in [3.8, 4) is 11.8 Å². The van der Waals surface area contributed by atoms with E-state index >= 15 is 0 Å². The lowest BCUT2D eigenvalue weighted by Crippen LogP contribution is -2.21. The Bertz CT molecular complexity index is 592. The second kappa shape index (κ2) is 6.07. The molecule has 94 valence electrons. The lowest BCUT2D eigenvalue weighted by atomic mass is 10.2. The van der Waals surface area contributed by atoms with E-state index in [9.17, 15) is 4.79 Å². The number of nitrogens with zero attached hydrogens (tertiary/aromatic N) is 4. The third kappa shape index (κ3) is 3.74. The topological polar surface area (TPSA) is 101 Å². The van der Waals surface area contributed by atoms with Crippen LogP contribution in [0.1, 0.15) is 5.56 Å². The number of carbonyl (C=O) groups excluding carboxylic acids is 1. The minimum absolute atomic E-state index is 0.121. The predicted octanol–water partition coefficient (Wildman–Crippen LogP) is 0.761. The van der Waals surface area contributed by atoms with Gasteiger partial charge in [0.15, 0.2) is 6.61 Å². The highest BCUT2D eigenvalue weighted by Gasteiger charge is 2.05. The maximum Gasteiger partial charge on any atom is 0.264 e. The third-order valence-corrected chi connectivity index (χ3v) is 2.09. The molecule has 1 N–H and O–H groups in total. The molecular formula is C12H9N5O2. The fraction of sp³-hybridized carbons (Fsp3) is 0.0833. The first-order chi connectivity index (χ1) is 9.28. The van der Waals surface area contributed by atoms with Crippen molar-refractivity contribution in [1.82, 2.24) is 15.2 Å². The second-order valence-electron chi connectivity index (χ2n) is 3.44. The Labute approximate surface area is 108 Å². The van der Waals surface area contributed by atoms with Gasteiger partial charge in [-0.3, -0.25) is 10.1 Å². The van der Waals surface area contributed by atoms with E-state index in [0.29, 0.717) is 11.3 Å². The number of amides is 1. The van der Waals surface area contributed by atoms with E-state index in [1.54, 1.807) is 24.3 Å². The maximum absolute atomic E-state index is 11.5. The van der Waals surface area contributed by atoms with Crippen LogP contribution >= 0.6 is 0 Å². The zero-order valence-corrected chi connectivity index (χ0v) is 9.78. The SMILES string of the molecule is N#Cc1ccc(OCC(=O)Nc2nccnn2)cc1. The molecular weight excluding hydrogens is 246 g/mol. The Balaban J connectivity index is 1.85. The van der Waals surface area contributed by atoms with Crippen LogP contribution in [0.25, 0.3) is 0 Å². The molecule has 0 aliphatic carbocycles. The largest absolute Gasteiger partial charge is 0.484 e. The molecule has 2 aromatic rings. The monoisotopic (exact) mass is 255 g/mol. The zero-order chi connectivity index (χ0) is 13.5. The molecule has 0 atom stereocenters. The zero-order valence-electron chi connectivity index (χ0n) is 9.78. The first-order valence-corrected chi connectivity index (χ1v) is 5.34. The molecule has 7 nitrogen and oxygen atoms in total. The maximum atomic E-state index is 11.5. The number of hydrogen-bond acceptors (Lipinski definition) is 6. The molecule has 0 spiro atoms. The van der Waals surface area contributed by atoms with E-state index in [4.69, 9.17) is 10.00 Å². The number of aromatic nitrogens is 3. The summed E-state index contributed by atoms with van der Waals surface area (Å²) in [6.45, 7) is -0.176. The van der Waals surface area contributed by atoms with E-state index in [2.05, 4.69) is 20.5 Å². The van der Waals surface area contributed by atoms with Crippen molar-refractivity contribution in [2.75, 3.05) is 11.9 Å². The molecule has 0 radical (unpaired) electrons. The van der Waals surface area contributed by atoms with Gasteiger partial charge in [0.2, 0.25) is 5.95 Å². The van der Waals surface area contributed by atoms with Gasteiger partial charge in [-0.25, -0.2) is 4.98 Å². The fourth-order valence-electron chi connectivity index (χ4n) is 1.24. The number of hydrogen-bond donors (Lipinski definition) is 1. The van der Waals surface area contributed by atoms with Crippen LogP contribution in [0.5, 0.6) is 5.75 Å². The van der Waals surface area contributed by atoms with Crippen molar-refractivity contribution in [3.05, 3.63) is 42.2 Å². The molecule has 0 saturated carbocycles. The van der Waals surface area contributed by atoms with Crippen molar-refractivity contribution in [1.29, 1.82) is 5.26 Å². The van der Waals surface area contributed by atoms with Gasteiger partial charge in [-0.05, 0) is 24.3 Å². The van der Waals surface area contributed by atoms with Gasteiger partial charge >= 0.3 is 0 Å². The first kappa shape index (κ1) is 12.4. The summed E-state index contributed by atoms with van der Waals surface area (Å²) < 4.78 is 5.24. The fourth-order valence-corrected chi connectivity index (χ4v) is 1.24. The molecule has 1 aromatic heterocycles. The van der Waals surface area contributed by atoms with Crippen LogP contribution in [-0.4, -0.2) is 27.7 Å². The lowest BCUT2D eigenvalue weighted by Gasteiger charge is -2.05. The third-order valence-electron chi connectivity index (χ3n) is 2.09. The number of rotatable bonds is 4. The second-order valence-corrected chi connectivity index (χ2v) is 3.44. The summed E-state index contributed by atoms with van der Waals surface area (Å²) in [6, 6.07) is 8.45. The summed E-state index contributed by atoms with van der Waals surface area (Å²) in [5.74, 6) is 0.231. The molecule has 1 heterocycles. The van der Waals surface area contributed by atoms with Gasteiger partial charge in [-0.15, -0.1) is 5.10 Å². The van der Waals surface area contributed by atoms with Gasteiger partial charge in [0.1, 0.15) is 5.75 Å². The van der Waals surface area contributed by atoms with Crippen molar-refractivity contribution < 1.29 is 9.53 Å². The summed E-state index contributed by atoms with van der Waals surface area (Å²) in [6.07, 6.45) is 2.83. The van der Waals surface area contributed by atoms with E-state index in [-0.39, 0.29) is 12.6 Å². The minimum atomic E-state index is -0.391. The molecule has 0 saturated heterocycles. The van der Waals surface area contributed by atoms with E-state index in [0.717, 1.165) is 0 Å². The molecule has 7 heteroatoms. The van der Waals surface area contributed by atoms with Gasteiger partial charge < -0.3 is 4.74 Å². The van der Waals surface area contributed by atoms with Crippen LogP contribution in [0.2, 0.25) is 0 Å². The van der Waals surface area contributed by atoms with Crippen LogP contribution in [0.4, 0.5) is 5.95 Å². The number of nitrogens with one attached hydrogen (secondary N) is 1. The molecule has 2 rings (SSSR count). The van der Waals surface area contributed by atoms with Crippen LogP contribution in [0.15, 0.2) is 36.7 Å². The van der Waals surface area contributed by atoms with Crippen molar-refractivity contribution in [2.45, 2.75) is 0 Å². The van der Waals surface area contributed by atoms with Gasteiger partial charge in [0, 0.05) is 0 Å². The average Bonchev–Trinajstić information content (AvgIpc) is 2.47. The van der Waals surface area contributed by atoms with Gasteiger partial charge in [-0.2, -0.15) is 10.4 Å². The highest BCUT2D eigenvalue weighted by Crippen LogP contribution is 2.11. The number of carbonyl (C=O) groups is 1. The van der Waals surface area contributed by atoms with E-state index in [1.807, 2.05) is 6.07 Å². The minimum Gasteiger partial charge on any atom is -0.484 e.